The van der Waals surface area contributed by atoms with Crippen molar-refractivity contribution in [3.8, 4) is 11.5 Å². The SMILES string of the molecule is COc1cc(C(=O)NC(C)(C)CO)ccc1O. The number of amides is 1. The van der Waals surface area contributed by atoms with E-state index in [2.05, 4.69) is 5.32 Å². The number of benzene rings is 1. The van der Waals surface area contributed by atoms with Gasteiger partial charge in [0.1, 0.15) is 0 Å². The van der Waals surface area contributed by atoms with Gasteiger partial charge in [0, 0.05) is 5.56 Å². The van der Waals surface area contributed by atoms with Crippen LogP contribution in [0.3, 0.4) is 0 Å². The second-order valence-corrected chi connectivity index (χ2v) is 4.38. The molecule has 1 aromatic carbocycles. The number of phenolic OH excluding ortho intramolecular Hbond substituents is 1. The number of carbonyl (C=O) groups is 1. The quantitative estimate of drug-likeness (QED) is 0.729. The van der Waals surface area contributed by atoms with E-state index in [9.17, 15) is 9.90 Å². The molecule has 0 bridgehead atoms. The number of ether oxygens (including phenoxy) is 1. The summed E-state index contributed by atoms with van der Waals surface area (Å²) in [6.07, 6.45) is 0. The molecule has 0 atom stereocenters. The van der Waals surface area contributed by atoms with Crippen LogP contribution < -0.4 is 10.1 Å². The third kappa shape index (κ3) is 3.35. The first-order valence-electron chi connectivity index (χ1n) is 5.20. The summed E-state index contributed by atoms with van der Waals surface area (Å²) in [5, 5.41) is 21.1. The van der Waals surface area contributed by atoms with Gasteiger partial charge in [0.2, 0.25) is 0 Å². The largest absolute Gasteiger partial charge is 0.504 e. The maximum atomic E-state index is 11.8. The summed E-state index contributed by atoms with van der Waals surface area (Å²) in [6.45, 7) is 3.26. The van der Waals surface area contributed by atoms with E-state index in [1.165, 1.54) is 25.3 Å². The number of nitrogens with one attached hydrogen (secondary N) is 1. The van der Waals surface area contributed by atoms with Gasteiger partial charge >= 0.3 is 0 Å². The number of aromatic hydroxyl groups is 1. The fourth-order valence-electron chi connectivity index (χ4n) is 1.24. The number of hydrogen-bond acceptors (Lipinski definition) is 4. The van der Waals surface area contributed by atoms with Crippen molar-refractivity contribution in [2.24, 2.45) is 0 Å². The molecule has 0 saturated heterocycles. The molecule has 0 fully saturated rings. The molecule has 0 aliphatic heterocycles. The van der Waals surface area contributed by atoms with E-state index >= 15 is 0 Å². The minimum absolute atomic E-state index is 0.0227. The maximum absolute atomic E-state index is 11.8. The van der Waals surface area contributed by atoms with Crippen LogP contribution >= 0.6 is 0 Å². The first-order valence-corrected chi connectivity index (χ1v) is 5.20. The van der Waals surface area contributed by atoms with Crippen LogP contribution in [-0.4, -0.2) is 35.4 Å². The topological polar surface area (TPSA) is 78.8 Å². The minimum Gasteiger partial charge on any atom is -0.504 e. The van der Waals surface area contributed by atoms with Gasteiger partial charge in [0.05, 0.1) is 19.3 Å². The van der Waals surface area contributed by atoms with Crippen LogP contribution in [0, 0.1) is 0 Å². The molecule has 0 heterocycles. The molecule has 5 heteroatoms. The first-order chi connectivity index (χ1) is 7.89. The number of carbonyl (C=O) groups excluding carboxylic acids is 1. The zero-order valence-corrected chi connectivity index (χ0v) is 10.2. The molecule has 0 saturated carbocycles. The molecule has 0 aliphatic rings. The summed E-state index contributed by atoms with van der Waals surface area (Å²) in [5.41, 5.74) is -0.330. The Kier molecular flexibility index (Phi) is 3.96. The Morgan fingerprint density at radius 1 is 1.47 bits per heavy atom. The zero-order valence-electron chi connectivity index (χ0n) is 10.2. The molecule has 1 aromatic rings. The van der Waals surface area contributed by atoms with E-state index in [1.54, 1.807) is 13.8 Å². The molecule has 1 rings (SSSR count). The third-order valence-electron chi connectivity index (χ3n) is 2.29. The lowest BCUT2D eigenvalue weighted by Crippen LogP contribution is -2.46. The number of rotatable bonds is 4. The third-order valence-corrected chi connectivity index (χ3v) is 2.29. The number of aliphatic hydroxyl groups is 1. The molecule has 0 radical (unpaired) electrons. The van der Waals surface area contributed by atoms with Gasteiger partial charge in [-0.3, -0.25) is 4.79 Å². The number of hydrogen-bond donors (Lipinski definition) is 3. The lowest BCUT2D eigenvalue weighted by atomic mass is 10.1. The van der Waals surface area contributed by atoms with Crippen molar-refractivity contribution in [2.45, 2.75) is 19.4 Å². The van der Waals surface area contributed by atoms with Gasteiger partial charge in [-0.1, -0.05) is 0 Å². The van der Waals surface area contributed by atoms with Gasteiger partial charge in [-0.25, -0.2) is 0 Å². The Hall–Kier alpha value is -1.75. The molecule has 5 nitrogen and oxygen atoms in total. The molecule has 0 unspecified atom stereocenters. The summed E-state index contributed by atoms with van der Waals surface area (Å²) >= 11 is 0. The van der Waals surface area contributed by atoms with E-state index in [-0.39, 0.29) is 24.0 Å². The second kappa shape index (κ2) is 5.05. The van der Waals surface area contributed by atoms with Crippen molar-refractivity contribution in [3.63, 3.8) is 0 Å². The van der Waals surface area contributed by atoms with Crippen molar-refractivity contribution < 1.29 is 19.7 Å². The van der Waals surface area contributed by atoms with Gasteiger partial charge in [0.15, 0.2) is 11.5 Å². The molecule has 1 amide bonds. The van der Waals surface area contributed by atoms with Crippen LogP contribution in [0.15, 0.2) is 18.2 Å². The van der Waals surface area contributed by atoms with E-state index in [4.69, 9.17) is 9.84 Å². The highest BCUT2D eigenvalue weighted by molar-refractivity contribution is 5.95. The van der Waals surface area contributed by atoms with Crippen LogP contribution in [0.2, 0.25) is 0 Å². The van der Waals surface area contributed by atoms with Crippen LogP contribution in [0.1, 0.15) is 24.2 Å². The molecule has 0 aromatic heterocycles. The normalized spacial score (nSPS) is 11.1. The standard InChI is InChI=1S/C12H17NO4/c1-12(2,7-14)13-11(16)8-4-5-9(15)10(6-8)17-3/h4-6,14-15H,7H2,1-3H3,(H,13,16). The van der Waals surface area contributed by atoms with Crippen molar-refractivity contribution >= 4 is 5.91 Å². The molecule has 0 spiro atoms. The second-order valence-electron chi connectivity index (χ2n) is 4.38. The molecule has 3 N–H and O–H groups in total. The van der Waals surface area contributed by atoms with Gasteiger partial charge in [0.25, 0.3) is 5.91 Å². The molecule has 17 heavy (non-hydrogen) atoms. The van der Waals surface area contributed by atoms with Crippen molar-refractivity contribution in [1.29, 1.82) is 0 Å². The van der Waals surface area contributed by atoms with E-state index < -0.39 is 5.54 Å². The molecule has 0 aliphatic carbocycles. The first kappa shape index (κ1) is 13.3. The van der Waals surface area contributed by atoms with Gasteiger partial charge < -0.3 is 20.3 Å². The average Bonchev–Trinajstić information content (AvgIpc) is 2.29. The summed E-state index contributed by atoms with van der Waals surface area (Å²) in [7, 11) is 1.41. The monoisotopic (exact) mass is 239 g/mol. The van der Waals surface area contributed by atoms with E-state index in [0.717, 1.165) is 0 Å². The Balaban J connectivity index is 2.90. The van der Waals surface area contributed by atoms with Crippen LogP contribution in [0.5, 0.6) is 11.5 Å². The van der Waals surface area contributed by atoms with Gasteiger partial charge in [-0.15, -0.1) is 0 Å². The zero-order chi connectivity index (χ0) is 13.1. The highest BCUT2D eigenvalue weighted by atomic mass is 16.5. The van der Waals surface area contributed by atoms with E-state index in [1.807, 2.05) is 0 Å². The lowest BCUT2D eigenvalue weighted by molar-refractivity contribution is 0.0869. The number of aliphatic hydroxyl groups excluding tert-OH is 1. The molecular formula is C12H17NO4. The summed E-state index contributed by atoms with van der Waals surface area (Å²) in [5.74, 6) is -0.118. The fraction of sp³-hybridized carbons (Fsp3) is 0.417. The summed E-state index contributed by atoms with van der Waals surface area (Å²) < 4.78 is 4.91. The smallest absolute Gasteiger partial charge is 0.251 e. The Bertz CT molecular complexity index is 415. The van der Waals surface area contributed by atoms with Crippen molar-refractivity contribution in [2.75, 3.05) is 13.7 Å². The highest BCUT2D eigenvalue weighted by Crippen LogP contribution is 2.26. The number of phenols is 1. The molecule has 94 valence electrons. The average molecular weight is 239 g/mol. The highest BCUT2D eigenvalue weighted by Gasteiger charge is 2.20. The number of methoxy groups -OCH3 is 1. The van der Waals surface area contributed by atoms with Crippen molar-refractivity contribution in [1.82, 2.24) is 5.32 Å². The fourth-order valence-corrected chi connectivity index (χ4v) is 1.24. The predicted molar refractivity (Wildman–Crippen MR) is 63.3 cm³/mol. The van der Waals surface area contributed by atoms with E-state index in [0.29, 0.717) is 5.56 Å². The van der Waals surface area contributed by atoms with Crippen LogP contribution in [0.4, 0.5) is 0 Å². The van der Waals surface area contributed by atoms with Gasteiger partial charge in [-0.05, 0) is 32.0 Å². The minimum atomic E-state index is -0.692. The van der Waals surface area contributed by atoms with Crippen LogP contribution in [0.25, 0.3) is 0 Å². The predicted octanol–water partition coefficient (Wildman–Crippen LogP) is 0.901. The maximum Gasteiger partial charge on any atom is 0.251 e. The lowest BCUT2D eigenvalue weighted by Gasteiger charge is -2.23. The molecular weight excluding hydrogens is 222 g/mol. The Labute approximate surface area is 100 Å². The van der Waals surface area contributed by atoms with Crippen LogP contribution in [-0.2, 0) is 0 Å². The Morgan fingerprint density at radius 3 is 2.65 bits per heavy atom. The summed E-state index contributed by atoms with van der Waals surface area (Å²) in [4.78, 5) is 11.8. The Morgan fingerprint density at radius 2 is 2.12 bits per heavy atom. The van der Waals surface area contributed by atoms with Gasteiger partial charge in [-0.2, -0.15) is 0 Å². The van der Waals surface area contributed by atoms with Crippen molar-refractivity contribution in [3.05, 3.63) is 23.8 Å². The summed E-state index contributed by atoms with van der Waals surface area (Å²) in [6, 6.07) is 4.32.